The molecule has 21 heavy (non-hydrogen) atoms. The van der Waals surface area contributed by atoms with Crippen molar-refractivity contribution in [3.8, 4) is 0 Å². The number of carbonyl (C=O) groups excluding carboxylic acids is 1. The van der Waals surface area contributed by atoms with Crippen molar-refractivity contribution in [2.45, 2.75) is 4.90 Å². The Kier molecular flexibility index (Phi) is 4.82. The molecule has 2 aromatic carbocycles. The van der Waals surface area contributed by atoms with E-state index in [1.165, 1.54) is 36.0 Å². The molecule has 5 nitrogen and oxygen atoms in total. The molecule has 0 radical (unpaired) electrons. The topological polar surface area (TPSA) is 72.2 Å². The van der Waals surface area contributed by atoms with Gasteiger partial charge in [-0.05, 0) is 36.6 Å². The van der Waals surface area contributed by atoms with Crippen LogP contribution < -0.4 is 5.32 Å². The maximum atomic E-state index is 12.2. The Morgan fingerprint density at radius 2 is 1.90 bits per heavy atom. The number of nitro groups is 1. The number of nitrogens with zero attached hydrogens (tertiary/aromatic N) is 1. The summed E-state index contributed by atoms with van der Waals surface area (Å²) >= 11 is 7.53. The second kappa shape index (κ2) is 6.60. The van der Waals surface area contributed by atoms with Crippen molar-refractivity contribution in [2.24, 2.45) is 0 Å². The molecule has 0 saturated heterocycles. The van der Waals surface area contributed by atoms with Crippen LogP contribution in [-0.4, -0.2) is 17.1 Å². The summed E-state index contributed by atoms with van der Waals surface area (Å²) in [7, 11) is 0. The molecule has 1 N–H and O–H groups in total. The van der Waals surface area contributed by atoms with Crippen molar-refractivity contribution in [3.05, 3.63) is 63.2 Å². The fourth-order valence-corrected chi connectivity index (χ4v) is 2.31. The lowest BCUT2D eigenvalue weighted by Gasteiger charge is -2.08. The van der Waals surface area contributed by atoms with Crippen molar-refractivity contribution in [3.63, 3.8) is 0 Å². The lowest BCUT2D eigenvalue weighted by molar-refractivity contribution is -0.384. The molecule has 1 amide bonds. The molecule has 2 aromatic rings. The highest BCUT2D eigenvalue weighted by Crippen LogP contribution is 2.24. The number of nitro benzene ring substituents is 1. The Bertz CT molecular complexity index is 689. The van der Waals surface area contributed by atoms with Gasteiger partial charge in [-0.2, -0.15) is 0 Å². The number of hydrogen-bond acceptors (Lipinski definition) is 4. The van der Waals surface area contributed by atoms with Gasteiger partial charge in [-0.15, -0.1) is 11.8 Å². The van der Waals surface area contributed by atoms with Crippen molar-refractivity contribution in [2.75, 3.05) is 11.6 Å². The van der Waals surface area contributed by atoms with Crippen LogP contribution in [0.2, 0.25) is 5.02 Å². The van der Waals surface area contributed by atoms with Gasteiger partial charge in [0.15, 0.2) is 0 Å². The number of anilines is 1. The highest BCUT2D eigenvalue weighted by Gasteiger charge is 2.12. The lowest BCUT2D eigenvalue weighted by atomic mass is 10.2. The summed E-state index contributed by atoms with van der Waals surface area (Å²) in [6.07, 6.45) is 1.90. The number of rotatable bonds is 4. The Hall–Kier alpha value is -2.05. The van der Waals surface area contributed by atoms with E-state index in [9.17, 15) is 14.9 Å². The number of benzene rings is 2. The fraction of sp³-hybridized carbons (Fsp3) is 0.0714. The monoisotopic (exact) mass is 322 g/mol. The minimum Gasteiger partial charge on any atom is -0.322 e. The van der Waals surface area contributed by atoms with Gasteiger partial charge in [0.25, 0.3) is 11.6 Å². The van der Waals surface area contributed by atoms with E-state index in [2.05, 4.69) is 5.32 Å². The molecule has 0 unspecified atom stereocenters. The predicted molar refractivity (Wildman–Crippen MR) is 84.3 cm³/mol. The molecule has 0 aliphatic rings. The molecule has 0 aliphatic carbocycles. The summed E-state index contributed by atoms with van der Waals surface area (Å²) in [5, 5.41) is 13.6. The number of non-ortho nitro benzene ring substituents is 1. The lowest BCUT2D eigenvalue weighted by Crippen LogP contribution is -2.12. The molecule has 0 saturated carbocycles. The first-order valence-electron chi connectivity index (χ1n) is 5.90. The van der Waals surface area contributed by atoms with Gasteiger partial charge in [0.1, 0.15) is 0 Å². The Morgan fingerprint density at radius 1 is 1.24 bits per heavy atom. The van der Waals surface area contributed by atoms with Crippen LogP contribution in [-0.2, 0) is 0 Å². The van der Waals surface area contributed by atoms with Gasteiger partial charge in [-0.25, -0.2) is 0 Å². The number of halogens is 1. The summed E-state index contributed by atoms with van der Waals surface area (Å²) in [5.41, 5.74) is 0.800. The van der Waals surface area contributed by atoms with E-state index in [1.807, 2.05) is 12.3 Å². The molecule has 0 fully saturated rings. The minimum atomic E-state index is -0.496. The Balaban J connectivity index is 2.19. The summed E-state index contributed by atoms with van der Waals surface area (Å²) in [4.78, 5) is 23.2. The predicted octanol–water partition coefficient (Wildman–Crippen LogP) is 4.22. The molecule has 0 heterocycles. The normalized spacial score (nSPS) is 10.2. The first-order valence-corrected chi connectivity index (χ1v) is 7.51. The third-order valence-corrected chi connectivity index (χ3v) is 3.81. The average Bonchev–Trinajstić information content (AvgIpc) is 2.48. The van der Waals surface area contributed by atoms with Crippen LogP contribution in [0.4, 0.5) is 11.4 Å². The highest BCUT2D eigenvalue weighted by molar-refractivity contribution is 7.98. The first kappa shape index (κ1) is 15.3. The van der Waals surface area contributed by atoms with E-state index in [4.69, 9.17) is 11.6 Å². The van der Waals surface area contributed by atoms with Gasteiger partial charge in [0.2, 0.25) is 0 Å². The maximum Gasteiger partial charge on any atom is 0.269 e. The van der Waals surface area contributed by atoms with Crippen LogP contribution in [0, 0.1) is 10.1 Å². The van der Waals surface area contributed by atoms with E-state index < -0.39 is 4.92 Å². The van der Waals surface area contributed by atoms with Gasteiger partial charge in [-0.3, -0.25) is 14.9 Å². The molecule has 0 atom stereocenters. The third kappa shape index (κ3) is 3.74. The maximum absolute atomic E-state index is 12.2. The largest absolute Gasteiger partial charge is 0.322 e. The average molecular weight is 323 g/mol. The van der Waals surface area contributed by atoms with Crippen LogP contribution in [0.3, 0.4) is 0 Å². The van der Waals surface area contributed by atoms with Crippen molar-refractivity contribution >= 4 is 40.6 Å². The number of carbonyl (C=O) groups is 1. The van der Waals surface area contributed by atoms with E-state index in [0.29, 0.717) is 16.3 Å². The number of amides is 1. The SMILES string of the molecule is CSc1ccc(Cl)c(C(=O)Nc2ccc([N+](=O)[O-])cc2)c1. The van der Waals surface area contributed by atoms with Crippen molar-refractivity contribution in [1.29, 1.82) is 0 Å². The smallest absolute Gasteiger partial charge is 0.269 e. The molecule has 108 valence electrons. The zero-order valence-corrected chi connectivity index (χ0v) is 12.6. The van der Waals surface area contributed by atoms with Crippen molar-refractivity contribution in [1.82, 2.24) is 0 Å². The van der Waals surface area contributed by atoms with Gasteiger partial charge in [-0.1, -0.05) is 11.6 Å². The van der Waals surface area contributed by atoms with Gasteiger partial charge in [0.05, 0.1) is 15.5 Å². The molecular formula is C14H11ClN2O3S. The zero-order valence-electron chi connectivity index (χ0n) is 11.0. The number of hydrogen-bond donors (Lipinski definition) is 1. The van der Waals surface area contributed by atoms with E-state index in [-0.39, 0.29) is 11.6 Å². The van der Waals surface area contributed by atoms with E-state index >= 15 is 0 Å². The van der Waals surface area contributed by atoms with Gasteiger partial charge in [0, 0.05) is 22.7 Å². The minimum absolute atomic E-state index is 0.0320. The van der Waals surface area contributed by atoms with Crippen LogP contribution in [0.5, 0.6) is 0 Å². The number of thioether (sulfide) groups is 1. The summed E-state index contributed by atoms with van der Waals surface area (Å²) in [5.74, 6) is -0.357. The third-order valence-electron chi connectivity index (χ3n) is 2.75. The van der Waals surface area contributed by atoms with Crippen LogP contribution in [0.1, 0.15) is 10.4 Å². The Morgan fingerprint density at radius 3 is 2.48 bits per heavy atom. The molecular weight excluding hydrogens is 312 g/mol. The van der Waals surface area contributed by atoms with E-state index in [0.717, 1.165) is 4.90 Å². The van der Waals surface area contributed by atoms with Gasteiger partial charge < -0.3 is 5.32 Å². The van der Waals surface area contributed by atoms with E-state index in [1.54, 1.807) is 12.1 Å². The van der Waals surface area contributed by atoms with Crippen LogP contribution >= 0.6 is 23.4 Å². The zero-order chi connectivity index (χ0) is 15.4. The van der Waals surface area contributed by atoms with Crippen LogP contribution in [0.25, 0.3) is 0 Å². The molecule has 2 rings (SSSR count). The fourth-order valence-electron chi connectivity index (χ4n) is 1.67. The first-order chi connectivity index (χ1) is 10.0. The summed E-state index contributed by atoms with van der Waals surface area (Å²) < 4.78 is 0. The quantitative estimate of drug-likeness (QED) is 0.519. The Labute approximate surface area is 130 Å². The molecule has 0 aliphatic heterocycles. The standard InChI is InChI=1S/C14H11ClN2O3S/c1-21-11-6-7-13(15)12(8-11)14(18)16-9-2-4-10(5-3-9)17(19)20/h2-8H,1H3,(H,16,18). The second-order valence-corrected chi connectivity index (χ2v) is 5.39. The molecule has 0 aromatic heterocycles. The molecule has 0 spiro atoms. The second-order valence-electron chi connectivity index (χ2n) is 4.10. The summed E-state index contributed by atoms with van der Waals surface area (Å²) in [6, 6.07) is 10.8. The van der Waals surface area contributed by atoms with Gasteiger partial charge >= 0.3 is 0 Å². The number of nitrogens with one attached hydrogen (secondary N) is 1. The highest BCUT2D eigenvalue weighted by atomic mass is 35.5. The van der Waals surface area contributed by atoms with Crippen LogP contribution in [0.15, 0.2) is 47.4 Å². The molecule has 7 heteroatoms. The van der Waals surface area contributed by atoms with Crippen molar-refractivity contribution < 1.29 is 9.72 Å². The molecule has 0 bridgehead atoms. The summed E-state index contributed by atoms with van der Waals surface area (Å²) in [6.45, 7) is 0.